The molecule has 5 heteroatoms. The number of benzene rings is 2. The molecule has 2 heterocycles. The number of hydrogen-bond donors (Lipinski definition) is 1. The lowest BCUT2D eigenvalue weighted by molar-refractivity contribution is 0.107. The Morgan fingerprint density at radius 3 is 2.68 bits per heavy atom. The average molecular weight is 294 g/mol. The zero-order valence-corrected chi connectivity index (χ0v) is 11.7. The molecule has 4 nitrogen and oxygen atoms in total. The molecule has 0 atom stereocenters. The molecule has 0 spiro atoms. The topological polar surface area (TPSA) is 54.6 Å². The third-order valence-corrected chi connectivity index (χ3v) is 3.97. The third kappa shape index (κ3) is 1.50. The molecule has 2 aromatic carbocycles. The lowest BCUT2D eigenvalue weighted by Gasteiger charge is -1.99. The highest BCUT2D eigenvalue weighted by atomic mass is 19.1. The summed E-state index contributed by atoms with van der Waals surface area (Å²) >= 11 is 0. The number of rotatable bonds is 1. The lowest BCUT2D eigenvalue weighted by atomic mass is 10.0. The molecule has 3 aromatic rings. The molecule has 0 bridgehead atoms. The van der Waals surface area contributed by atoms with E-state index in [1.54, 1.807) is 43.4 Å². The van der Waals surface area contributed by atoms with Crippen LogP contribution in [-0.4, -0.2) is 21.2 Å². The summed E-state index contributed by atoms with van der Waals surface area (Å²) in [4.78, 5) is 16.9. The molecule has 0 radical (unpaired) electrons. The number of carbonyl (C=O) groups is 1. The van der Waals surface area contributed by atoms with Gasteiger partial charge in [0, 0.05) is 18.0 Å². The maximum absolute atomic E-state index is 14.0. The van der Waals surface area contributed by atoms with E-state index in [1.807, 2.05) is 0 Å². The fourth-order valence-electron chi connectivity index (χ4n) is 2.92. The Morgan fingerprint density at radius 2 is 1.91 bits per heavy atom. The quantitative estimate of drug-likeness (QED) is 0.748. The minimum Gasteiger partial charge on any atom is -0.494 e. The van der Waals surface area contributed by atoms with E-state index in [0.717, 1.165) is 0 Å². The van der Waals surface area contributed by atoms with Crippen molar-refractivity contribution in [2.24, 2.45) is 12.0 Å². The Hall–Kier alpha value is -2.95. The molecule has 4 rings (SSSR count). The Bertz CT molecular complexity index is 986. The van der Waals surface area contributed by atoms with Crippen LogP contribution >= 0.6 is 0 Å². The number of aryl methyl sites for hydroxylation is 1. The van der Waals surface area contributed by atoms with Crippen LogP contribution in [0.5, 0.6) is 5.88 Å². The van der Waals surface area contributed by atoms with Gasteiger partial charge in [-0.2, -0.15) is 0 Å². The number of hydrogen-bond acceptors (Lipinski definition) is 3. The number of Topliss-reactive ketones (excluding diaryl/α,β-unsaturated/α-hetero) is 1. The van der Waals surface area contributed by atoms with Crippen molar-refractivity contribution >= 4 is 28.1 Å². The van der Waals surface area contributed by atoms with Crippen LogP contribution < -0.4 is 0 Å². The summed E-state index contributed by atoms with van der Waals surface area (Å²) in [5, 5.41) is 10.8. The van der Waals surface area contributed by atoms with Crippen LogP contribution in [0.4, 0.5) is 10.1 Å². The first kappa shape index (κ1) is 12.8. The van der Waals surface area contributed by atoms with Crippen LogP contribution in [0.1, 0.15) is 15.9 Å². The summed E-state index contributed by atoms with van der Waals surface area (Å²) in [6, 6.07) is 11.5. The Labute approximate surface area is 125 Å². The summed E-state index contributed by atoms with van der Waals surface area (Å²) < 4.78 is 15.4. The van der Waals surface area contributed by atoms with Gasteiger partial charge in [0.25, 0.3) is 0 Å². The number of aliphatic imine (C=N–C) groups is 1. The largest absolute Gasteiger partial charge is 0.494 e. The monoisotopic (exact) mass is 294 g/mol. The van der Waals surface area contributed by atoms with Gasteiger partial charge in [-0.25, -0.2) is 9.38 Å². The number of carbonyl (C=O) groups excluding carboxylic acids is 1. The number of aromatic nitrogens is 1. The van der Waals surface area contributed by atoms with Crippen molar-refractivity contribution in [3.05, 3.63) is 59.4 Å². The van der Waals surface area contributed by atoms with Crippen LogP contribution in [0, 0.1) is 5.82 Å². The second-order valence-corrected chi connectivity index (χ2v) is 5.20. The molecule has 0 aliphatic carbocycles. The molecule has 1 aliphatic heterocycles. The number of aromatic hydroxyl groups is 1. The first-order chi connectivity index (χ1) is 10.6. The van der Waals surface area contributed by atoms with Gasteiger partial charge in [0.1, 0.15) is 11.5 Å². The zero-order chi connectivity index (χ0) is 15.4. The summed E-state index contributed by atoms with van der Waals surface area (Å²) in [6.07, 6.45) is 0. The highest BCUT2D eigenvalue weighted by Gasteiger charge is 2.31. The van der Waals surface area contributed by atoms with E-state index in [-0.39, 0.29) is 28.5 Å². The number of nitrogens with zero attached hydrogens (tertiary/aromatic N) is 2. The molecule has 0 amide bonds. The molecular weight excluding hydrogens is 283 g/mol. The predicted octanol–water partition coefficient (Wildman–Crippen LogP) is 3.34. The maximum atomic E-state index is 14.0. The Balaban J connectivity index is 2.04. The van der Waals surface area contributed by atoms with Crippen LogP contribution in [0.3, 0.4) is 0 Å². The van der Waals surface area contributed by atoms with Gasteiger partial charge in [-0.3, -0.25) is 4.79 Å². The fourth-order valence-corrected chi connectivity index (χ4v) is 2.92. The summed E-state index contributed by atoms with van der Waals surface area (Å²) in [5.41, 5.74) is 1.73. The van der Waals surface area contributed by atoms with Crippen molar-refractivity contribution in [3.63, 3.8) is 0 Å². The summed E-state index contributed by atoms with van der Waals surface area (Å²) in [5.74, 6) is -0.882. The van der Waals surface area contributed by atoms with E-state index < -0.39 is 5.82 Å². The molecular formula is C17H11FN2O2. The van der Waals surface area contributed by atoms with Crippen LogP contribution in [-0.2, 0) is 7.05 Å². The minimum absolute atomic E-state index is 0.148. The average Bonchev–Trinajstić information content (AvgIpc) is 2.97. The van der Waals surface area contributed by atoms with Gasteiger partial charge in [-0.1, -0.05) is 24.3 Å². The van der Waals surface area contributed by atoms with Crippen molar-refractivity contribution in [1.29, 1.82) is 0 Å². The molecule has 1 N–H and O–H groups in total. The van der Waals surface area contributed by atoms with E-state index in [4.69, 9.17) is 0 Å². The standard InChI is InChI=1S/C17H11FN2O2/c1-20-15-10(6-4-7-11(15)18)13(17(20)22)14-16(21)9-5-2-3-8-12(9)19-14/h2-8,22H,1H3. The number of para-hydroxylation sites is 2. The van der Waals surface area contributed by atoms with Gasteiger partial charge in [0.15, 0.2) is 0 Å². The molecule has 1 aromatic heterocycles. The Morgan fingerprint density at radius 1 is 1.14 bits per heavy atom. The molecule has 22 heavy (non-hydrogen) atoms. The molecule has 1 aliphatic rings. The normalized spacial score (nSPS) is 13.5. The fraction of sp³-hybridized carbons (Fsp3) is 0.0588. The van der Waals surface area contributed by atoms with Gasteiger partial charge in [-0.05, 0) is 18.2 Å². The number of halogens is 1. The van der Waals surface area contributed by atoms with E-state index in [2.05, 4.69) is 4.99 Å². The molecule has 0 fully saturated rings. The second kappa shape index (κ2) is 4.27. The van der Waals surface area contributed by atoms with Gasteiger partial charge in [-0.15, -0.1) is 0 Å². The summed E-state index contributed by atoms with van der Waals surface area (Å²) in [7, 11) is 1.55. The van der Waals surface area contributed by atoms with Gasteiger partial charge < -0.3 is 9.67 Å². The minimum atomic E-state index is -0.454. The molecule has 0 saturated heterocycles. The second-order valence-electron chi connectivity index (χ2n) is 5.20. The third-order valence-electron chi connectivity index (χ3n) is 3.97. The van der Waals surface area contributed by atoms with E-state index >= 15 is 0 Å². The van der Waals surface area contributed by atoms with E-state index in [1.165, 1.54) is 10.6 Å². The number of fused-ring (bicyclic) bond motifs is 2. The molecule has 0 saturated carbocycles. The van der Waals surface area contributed by atoms with Crippen molar-refractivity contribution in [2.45, 2.75) is 0 Å². The Kier molecular flexibility index (Phi) is 2.48. The smallest absolute Gasteiger partial charge is 0.214 e. The first-order valence-electron chi connectivity index (χ1n) is 6.78. The molecule has 108 valence electrons. The predicted molar refractivity (Wildman–Crippen MR) is 81.5 cm³/mol. The highest BCUT2D eigenvalue weighted by molar-refractivity contribution is 6.56. The molecule has 0 unspecified atom stereocenters. The van der Waals surface area contributed by atoms with Gasteiger partial charge >= 0.3 is 0 Å². The first-order valence-corrected chi connectivity index (χ1v) is 6.78. The van der Waals surface area contributed by atoms with E-state index in [0.29, 0.717) is 16.6 Å². The number of ketones is 1. The van der Waals surface area contributed by atoms with Gasteiger partial charge in [0.05, 0.1) is 16.8 Å². The van der Waals surface area contributed by atoms with Crippen molar-refractivity contribution in [3.8, 4) is 5.88 Å². The van der Waals surface area contributed by atoms with Crippen LogP contribution in [0.15, 0.2) is 47.5 Å². The highest BCUT2D eigenvalue weighted by Crippen LogP contribution is 2.37. The van der Waals surface area contributed by atoms with Crippen LogP contribution in [0.2, 0.25) is 0 Å². The zero-order valence-electron chi connectivity index (χ0n) is 11.7. The van der Waals surface area contributed by atoms with Crippen LogP contribution in [0.25, 0.3) is 10.9 Å². The lowest BCUT2D eigenvalue weighted by Crippen LogP contribution is -2.11. The van der Waals surface area contributed by atoms with Gasteiger partial charge in [0.2, 0.25) is 11.7 Å². The SMILES string of the molecule is Cn1c(O)c(C2=Nc3ccccc3C2=O)c2cccc(F)c21. The maximum Gasteiger partial charge on any atom is 0.214 e. The van der Waals surface area contributed by atoms with Crippen molar-refractivity contribution < 1.29 is 14.3 Å². The van der Waals surface area contributed by atoms with Crippen molar-refractivity contribution in [2.75, 3.05) is 0 Å². The summed E-state index contributed by atoms with van der Waals surface area (Å²) in [6.45, 7) is 0. The van der Waals surface area contributed by atoms with E-state index in [9.17, 15) is 14.3 Å². The van der Waals surface area contributed by atoms with Crippen molar-refractivity contribution in [1.82, 2.24) is 4.57 Å².